The zero-order chi connectivity index (χ0) is 17.8. The Morgan fingerprint density at radius 3 is 2.64 bits per heavy atom. The van der Waals surface area contributed by atoms with E-state index >= 15 is 0 Å². The number of benzene rings is 1. The van der Waals surface area contributed by atoms with Crippen LogP contribution >= 0.6 is 0 Å². The van der Waals surface area contributed by atoms with Crippen LogP contribution in [0.25, 0.3) is 0 Å². The molecule has 3 rings (SSSR count). The quantitative estimate of drug-likeness (QED) is 0.876. The molecular formula is C19H28FN3O2. The van der Waals surface area contributed by atoms with Crippen LogP contribution in [0, 0.1) is 11.7 Å². The van der Waals surface area contributed by atoms with Crippen LogP contribution in [0.2, 0.25) is 0 Å². The second-order valence-corrected chi connectivity index (χ2v) is 7.33. The predicted molar refractivity (Wildman–Crippen MR) is 94.6 cm³/mol. The summed E-state index contributed by atoms with van der Waals surface area (Å²) in [5.74, 6) is 0.0352. The minimum absolute atomic E-state index is 0.0179. The number of piperidine rings is 1. The normalized spacial score (nSPS) is 23.6. The lowest BCUT2D eigenvalue weighted by molar-refractivity contribution is 0.128. The van der Waals surface area contributed by atoms with Crippen molar-refractivity contribution in [1.29, 1.82) is 0 Å². The van der Waals surface area contributed by atoms with E-state index in [4.69, 9.17) is 0 Å². The number of rotatable bonds is 4. The van der Waals surface area contributed by atoms with E-state index < -0.39 is 0 Å². The van der Waals surface area contributed by atoms with Gasteiger partial charge in [-0.1, -0.05) is 18.2 Å². The van der Waals surface area contributed by atoms with Gasteiger partial charge in [-0.3, -0.25) is 4.90 Å². The third-order valence-electron chi connectivity index (χ3n) is 5.46. The van der Waals surface area contributed by atoms with Crippen molar-refractivity contribution in [2.24, 2.45) is 5.92 Å². The third kappa shape index (κ3) is 4.70. The molecule has 2 heterocycles. The van der Waals surface area contributed by atoms with Crippen LogP contribution in [0.1, 0.15) is 31.7 Å². The first-order chi connectivity index (χ1) is 12.0. The van der Waals surface area contributed by atoms with Gasteiger partial charge in [-0.2, -0.15) is 0 Å². The van der Waals surface area contributed by atoms with Crippen molar-refractivity contribution in [3.63, 3.8) is 0 Å². The maximum Gasteiger partial charge on any atom is 0.317 e. The van der Waals surface area contributed by atoms with E-state index in [9.17, 15) is 14.3 Å². The predicted octanol–water partition coefficient (Wildman–Crippen LogP) is 2.20. The summed E-state index contributed by atoms with van der Waals surface area (Å²) >= 11 is 0. The van der Waals surface area contributed by atoms with Gasteiger partial charge in [-0.25, -0.2) is 9.18 Å². The number of aliphatic hydroxyl groups excluding tert-OH is 1. The number of hydrogen-bond donors (Lipinski definition) is 2. The fourth-order valence-electron chi connectivity index (χ4n) is 3.73. The topological polar surface area (TPSA) is 55.8 Å². The Hall–Kier alpha value is -1.66. The van der Waals surface area contributed by atoms with Crippen molar-refractivity contribution < 1.29 is 14.3 Å². The average Bonchev–Trinajstić information content (AvgIpc) is 3.09. The van der Waals surface area contributed by atoms with E-state index in [1.54, 1.807) is 13.0 Å². The van der Waals surface area contributed by atoms with E-state index in [1.165, 1.54) is 6.07 Å². The fraction of sp³-hybridized carbons (Fsp3) is 0.632. The molecule has 1 aromatic rings. The van der Waals surface area contributed by atoms with Crippen LogP contribution in [0.4, 0.5) is 9.18 Å². The number of nitrogens with one attached hydrogen (secondary N) is 1. The molecular weight excluding hydrogens is 321 g/mol. The fourth-order valence-corrected chi connectivity index (χ4v) is 3.73. The molecule has 2 amide bonds. The second kappa shape index (κ2) is 8.15. The molecule has 2 aliphatic rings. The van der Waals surface area contributed by atoms with Crippen molar-refractivity contribution >= 4 is 6.03 Å². The summed E-state index contributed by atoms with van der Waals surface area (Å²) in [6.07, 6.45) is 2.27. The molecule has 1 aromatic carbocycles. The Labute approximate surface area is 148 Å². The molecule has 0 saturated carbocycles. The van der Waals surface area contributed by atoms with Gasteiger partial charge >= 0.3 is 6.03 Å². The Morgan fingerprint density at radius 2 is 2.00 bits per heavy atom. The number of urea groups is 1. The Morgan fingerprint density at radius 1 is 1.28 bits per heavy atom. The lowest BCUT2D eigenvalue weighted by atomic mass is 10.0. The summed E-state index contributed by atoms with van der Waals surface area (Å²) in [5.41, 5.74) is 0.728. The first-order valence-corrected chi connectivity index (χ1v) is 9.22. The molecule has 0 aliphatic carbocycles. The number of nitrogens with zero attached hydrogens (tertiary/aromatic N) is 2. The SMILES string of the molecule is C[C@H](O)[C@H]1CCN(C(=O)NC2CCN(Cc3ccccc3F)CC2)C1. The van der Waals surface area contributed by atoms with Gasteiger partial charge in [0.15, 0.2) is 0 Å². The van der Waals surface area contributed by atoms with Gasteiger partial charge in [0, 0.05) is 50.2 Å². The zero-order valence-corrected chi connectivity index (χ0v) is 14.8. The molecule has 6 heteroatoms. The van der Waals surface area contributed by atoms with Crippen molar-refractivity contribution in [3.8, 4) is 0 Å². The van der Waals surface area contributed by atoms with E-state index in [1.807, 2.05) is 17.0 Å². The van der Waals surface area contributed by atoms with E-state index in [0.29, 0.717) is 19.6 Å². The van der Waals surface area contributed by atoms with Gasteiger partial charge in [-0.05, 0) is 32.3 Å². The van der Waals surface area contributed by atoms with Crippen LogP contribution in [0.15, 0.2) is 24.3 Å². The van der Waals surface area contributed by atoms with Crippen LogP contribution in [0.3, 0.4) is 0 Å². The summed E-state index contributed by atoms with van der Waals surface area (Å²) in [7, 11) is 0. The maximum absolute atomic E-state index is 13.7. The number of likely N-dealkylation sites (tertiary alicyclic amines) is 2. The molecule has 138 valence electrons. The van der Waals surface area contributed by atoms with Gasteiger partial charge < -0.3 is 15.3 Å². The van der Waals surface area contributed by atoms with Gasteiger partial charge in [0.1, 0.15) is 5.82 Å². The van der Waals surface area contributed by atoms with Gasteiger partial charge in [0.25, 0.3) is 0 Å². The lowest BCUT2D eigenvalue weighted by Crippen LogP contribution is -2.48. The standard InChI is InChI=1S/C19H28FN3O2/c1-14(24)15-6-11-23(13-15)19(25)21-17-7-9-22(10-8-17)12-16-4-2-3-5-18(16)20/h2-5,14-15,17,24H,6-13H2,1H3,(H,21,25)/t14-,15-/m0/s1. The number of carbonyl (C=O) groups excluding carboxylic acids is 1. The second-order valence-electron chi connectivity index (χ2n) is 7.33. The number of carbonyl (C=O) groups is 1. The average molecular weight is 349 g/mol. The van der Waals surface area contributed by atoms with Gasteiger partial charge in [-0.15, -0.1) is 0 Å². The van der Waals surface area contributed by atoms with Crippen LogP contribution < -0.4 is 5.32 Å². The van der Waals surface area contributed by atoms with Gasteiger partial charge in [0.2, 0.25) is 0 Å². The largest absolute Gasteiger partial charge is 0.393 e. The first kappa shape index (κ1) is 18.1. The Kier molecular flexibility index (Phi) is 5.91. The summed E-state index contributed by atoms with van der Waals surface area (Å²) in [6.45, 7) is 5.47. The molecule has 0 aromatic heterocycles. The molecule has 0 spiro atoms. The van der Waals surface area contributed by atoms with Crippen LogP contribution in [0.5, 0.6) is 0 Å². The molecule has 2 atom stereocenters. The molecule has 0 unspecified atom stereocenters. The molecule has 5 nitrogen and oxygen atoms in total. The molecule has 2 N–H and O–H groups in total. The number of amides is 2. The molecule has 0 bridgehead atoms. The summed E-state index contributed by atoms with van der Waals surface area (Å²) < 4.78 is 13.7. The lowest BCUT2D eigenvalue weighted by Gasteiger charge is -2.33. The van der Waals surface area contributed by atoms with Crippen molar-refractivity contribution in [2.45, 2.75) is 44.9 Å². The van der Waals surface area contributed by atoms with Gasteiger partial charge in [0.05, 0.1) is 6.10 Å². The summed E-state index contributed by atoms with van der Waals surface area (Å²) in [4.78, 5) is 16.4. The van der Waals surface area contributed by atoms with Crippen molar-refractivity contribution in [1.82, 2.24) is 15.1 Å². The highest BCUT2D eigenvalue weighted by atomic mass is 19.1. The minimum Gasteiger partial charge on any atom is -0.393 e. The molecule has 2 aliphatic heterocycles. The highest BCUT2D eigenvalue weighted by Crippen LogP contribution is 2.20. The van der Waals surface area contributed by atoms with E-state index in [0.717, 1.165) is 37.9 Å². The van der Waals surface area contributed by atoms with E-state index in [2.05, 4.69) is 10.2 Å². The number of halogens is 1. The third-order valence-corrected chi connectivity index (χ3v) is 5.46. The smallest absolute Gasteiger partial charge is 0.317 e. The number of aliphatic hydroxyl groups is 1. The Bertz CT molecular complexity index is 588. The highest BCUT2D eigenvalue weighted by Gasteiger charge is 2.30. The zero-order valence-electron chi connectivity index (χ0n) is 14.8. The molecule has 2 fully saturated rings. The molecule has 0 radical (unpaired) electrons. The maximum atomic E-state index is 13.7. The first-order valence-electron chi connectivity index (χ1n) is 9.22. The van der Waals surface area contributed by atoms with Crippen LogP contribution in [-0.2, 0) is 6.54 Å². The molecule has 2 saturated heterocycles. The number of hydrogen-bond acceptors (Lipinski definition) is 3. The van der Waals surface area contributed by atoms with Crippen molar-refractivity contribution in [3.05, 3.63) is 35.6 Å². The Balaban J connectivity index is 1.42. The molecule has 25 heavy (non-hydrogen) atoms. The van der Waals surface area contributed by atoms with E-state index in [-0.39, 0.29) is 29.9 Å². The monoisotopic (exact) mass is 349 g/mol. The summed E-state index contributed by atoms with van der Waals surface area (Å²) in [5, 5.41) is 12.8. The van der Waals surface area contributed by atoms with Crippen molar-refractivity contribution in [2.75, 3.05) is 26.2 Å². The summed E-state index contributed by atoms with van der Waals surface area (Å²) in [6, 6.07) is 7.06. The highest BCUT2D eigenvalue weighted by molar-refractivity contribution is 5.74. The van der Waals surface area contributed by atoms with Crippen LogP contribution in [-0.4, -0.2) is 59.3 Å². The minimum atomic E-state index is -0.362.